The second-order valence-corrected chi connectivity index (χ2v) is 5.74. The van der Waals surface area contributed by atoms with E-state index in [9.17, 15) is 10.2 Å². The first kappa shape index (κ1) is 17.4. The Bertz CT molecular complexity index is 662. The Balaban J connectivity index is 2.10. The molecule has 2 aromatic rings. The number of phenols is 2. The molecule has 2 rings (SSSR count). The molecule has 3 heteroatoms. The quantitative estimate of drug-likeness (QED) is 0.791. The summed E-state index contributed by atoms with van der Waals surface area (Å²) in [4.78, 5) is 0. The molecule has 0 aliphatic rings. The summed E-state index contributed by atoms with van der Waals surface area (Å²) in [5.74, 6) is 0.645. The van der Waals surface area contributed by atoms with Crippen LogP contribution < -0.4 is 0 Å². The van der Waals surface area contributed by atoms with Crippen molar-refractivity contribution >= 4 is 0 Å². The molecule has 0 saturated carbocycles. The molecule has 0 heterocycles. The molecule has 0 amide bonds. The van der Waals surface area contributed by atoms with E-state index in [1.165, 1.54) is 5.56 Å². The predicted molar refractivity (Wildman–Crippen MR) is 92.8 cm³/mol. The van der Waals surface area contributed by atoms with Gasteiger partial charge in [0.05, 0.1) is 13.2 Å². The zero-order valence-corrected chi connectivity index (χ0v) is 14.2. The Morgan fingerprint density at radius 1 is 0.739 bits per heavy atom. The van der Waals surface area contributed by atoms with Gasteiger partial charge in [-0.05, 0) is 42.0 Å². The molecule has 2 aromatic carbocycles. The highest BCUT2D eigenvalue weighted by molar-refractivity contribution is 5.44. The first-order chi connectivity index (χ1) is 11.1. The zero-order valence-electron chi connectivity index (χ0n) is 14.2. The molecule has 0 aliphatic carbocycles. The zero-order chi connectivity index (χ0) is 16.8. The van der Waals surface area contributed by atoms with Crippen LogP contribution in [-0.2, 0) is 37.2 Å². The van der Waals surface area contributed by atoms with Crippen molar-refractivity contribution in [3.8, 4) is 11.5 Å². The number of aromatic hydroxyl groups is 2. The second-order valence-electron chi connectivity index (χ2n) is 5.74. The third-order valence-corrected chi connectivity index (χ3v) is 4.22. The summed E-state index contributed by atoms with van der Waals surface area (Å²) in [6, 6.07) is 9.77. The molecule has 0 atom stereocenters. The fraction of sp³-hybridized carbons (Fsp3) is 0.400. The molecule has 3 nitrogen and oxygen atoms in total. The summed E-state index contributed by atoms with van der Waals surface area (Å²) in [5, 5.41) is 20.5. The number of benzene rings is 2. The smallest absolute Gasteiger partial charge is 0.124 e. The standard InChI is InChI=1S/C20H26O3/c1-4-14-10-16(6-3)20(22)18(11-14)13-23-12-17-9-7-8-15(5-2)19(17)21/h7-11,21-22H,4-6,12-13H2,1-3H3. The topological polar surface area (TPSA) is 49.7 Å². The van der Waals surface area contributed by atoms with Gasteiger partial charge in [0.1, 0.15) is 11.5 Å². The maximum absolute atomic E-state index is 10.3. The van der Waals surface area contributed by atoms with Gasteiger partial charge in [-0.15, -0.1) is 0 Å². The van der Waals surface area contributed by atoms with Crippen LogP contribution in [0.5, 0.6) is 11.5 Å². The highest BCUT2D eigenvalue weighted by Crippen LogP contribution is 2.28. The van der Waals surface area contributed by atoms with Gasteiger partial charge >= 0.3 is 0 Å². The van der Waals surface area contributed by atoms with Gasteiger partial charge in [-0.1, -0.05) is 45.0 Å². The van der Waals surface area contributed by atoms with Crippen molar-refractivity contribution in [2.24, 2.45) is 0 Å². The van der Waals surface area contributed by atoms with Crippen molar-refractivity contribution in [2.45, 2.75) is 53.2 Å². The third kappa shape index (κ3) is 4.05. The summed E-state index contributed by atoms with van der Waals surface area (Å²) in [6.07, 6.45) is 2.52. The van der Waals surface area contributed by atoms with Crippen LogP contribution in [-0.4, -0.2) is 10.2 Å². The highest BCUT2D eigenvalue weighted by Gasteiger charge is 2.10. The summed E-state index contributed by atoms with van der Waals surface area (Å²) >= 11 is 0. The summed E-state index contributed by atoms with van der Waals surface area (Å²) in [6.45, 7) is 6.82. The summed E-state index contributed by atoms with van der Waals surface area (Å²) in [7, 11) is 0. The Hall–Kier alpha value is -2.00. The van der Waals surface area contributed by atoms with Crippen molar-refractivity contribution in [2.75, 3.05) is 0 Å². The Morgan fingerprint density at radius 3 is 1.96 bits per heavy atom. The van der Waals surface area contributed by atoms with E-state index in [1.807, 2.05) is 38.1 Å². The summed E-state index contributed by atoms with van der Waals surface area (Å²) in [5.41, 5.74) is 4.68. The van der Waals surface area contributed by atoms with Crippen LogP contribution in [0.1, 0.15) is 48.6 Å². The van der Waals surface area contributed by atoms with Crippen LogP contribution in [0.4, 0.5) is 0 Å². The lowest BCUT2D eigenvalue weighted by atomic mass is 10.0. The lowest BCUT2D eigenvalue weighted by Gasteiger charge is -2.13. The highest BCUT2D eigenvalue weighted by atomic mass is 16.5. The number of rotatable bonds is 7. The van der Waals surface area contributed by atoms with E-state index in [4.69, 9.17) is 4.74 Å². The fourth-order valence-electron chi connectivity index (χ4n) is 2.73. The SMILES string of the molecule is CCc1cc(CC)c(O)c(COCc2cccc(CC)c2O)c1. The number of para-hydroxylation sites is 1. The molecule has 2 N–H and O–H groups in total. The number of phenolic OH excluding ortho intramolecular Hbond substituents is 2. The van der Waals surface area contributed by atoms with Gasteiger partial charge in [0.2, 0.25) is 0 Å². The van der Waals surface area contributed by atoms with Crippen LogP contribution in [0.3, 0.4) is 0 Å². The van der Waals surface area contributed by atoms with Crippen molar-refractivity contribution in [1.29, 1.82) is 0 Å². The van der Waals surface area contributed by atoms with Gasteiger partial charge in [-0.2, -0.15) is 0 Å². The minimum absolute atomic E-state index is 0.316. The van der Waals surface area contributed by atoms with Gasteiger partial charge in [0.15, 0.2) is 0 Å². The van der Waals surface area contributed by atoms with Gasteiger partial charge in [0.25, 0.3) is 0 Å². The van der Waals surface area contributed by atoms with Crippen LogP contribution in [0.25, 0.3) is 0 Å². The van der Waals surface area contributed by atoms with Crippen LogP contribution in [0, 0.1) is 0 Å². The van der Waals surface area contributed by atoms with Crippen LogP contribution in [0.15, 0.2) is 30.3 Å². The summed E-state index contributed by atoms with van der Waals surface area (Å²) < 4.78 is 5.75. The van der Waals surface area contributed by atoms with Crippen molar-refractivity contribution in [3.63, 3.8) is 0 Å². The van der Waals surface area contributed by atoms with Gasteiger partial charge in [0, 0.05) is 11.1 Å². The van der Waals surface area contributed by atoms with E-state index in [-0.39, 0.29) is 0 Å². The molecular formula is C20H26O3. The first-order valence-corrected chi connectivity index (χ1v) is 8.31. The molecule has 0 bridgehead atoms. The first-order valence-electron chi connectivity index (χ1n) is 8.31. The number of ether oxygens (including phenoxy) is 1. The van der Waals surface area contributed by atoms with E-state index in [1.54, 1.807) is 0 Å². The molecule has 0 radical (unpaired) electrons. The molecule has 0 aliphatic heterocycles. The van der Waals surface area contributed by atoms with Crippen LogP contribution >= 0.6 is 0 Å². The van der Waals surface area contributed by atoms with E-state index >= 15 is 0 Å². The fourth-order valence-corrected chi connectivity index (χ4v) is 2.73. The minimum Gasteiger partial charge on any atom is -0.507 e. The van der Waals surface area contributed by atoms with Crippen LogP contribution in [0.2, 0.25) is 0 Å². The van der Waals surface area contributed by atoms with Gasteiger partial charge in [-0.25, -0.2) is 0 Å². The molecule has 0 fully saturated rings. The molecule has 0 saturated heterocycles. The van der Waals surface area contributed by atoms with Crippen molar-refractivity contribution in [3.05, 3.63) is 58.1 Å². The van der Waals surface area contributed by atoms with E-state index in [2.05, 4.69) is 13.0 Å². The third-order valence-electron chi connectivity index (χ3n) is 4.22. The lowest BCUT2D eigenvalue weighted by molar-refractivity contribution is 0.103. The largest absolute Gasteiger partial charge is 0.507 e. The Kier molecular flexibility index (Phi) is 6.05. The number of hydrogen-bond acceptors (Lipinski definition) is 3. The number of hydrogen-bond donors (Lipinski definition) is 2. The average Bonchev–Trinajstić information content (AvgIpc) is 2.57. The average molecular weight is 314 g/mol. The molecule has 0 aromatic heterocycles. The van der Waals surface area contributed by atoms with Gasteiger partial charge < -0.3 is 14.9 Å². The van der Waals surface area contributed by atoms with Gasteiger partial charge in [-0.3, -0.25) is 0 Å². The molecular weight excluding hydrogens is 288 g/mol. The molecule has 124 valence electrons. The van der Waals surface area contributed by atoms with E-state index < -0.39 is 0 Å². The molecule has 0 unspecified atom stereocenters. The minimum atomic E-state index is 0.316. The molecule has 23 heavy (non-hydrogen) atoms. The molecule has 0 spiro atoms. The normalized spacial score (nSPS) is 10.9. The monoisotopic (exact) mass is 314 g/mol. The van der Waals surface area contributed by atoms with E-state index in [0.29, 0.717) is 24.7 Å². The Labute approximate surface area is 138 Å². The van der Waals surface area contributed by atoms with Crippen molar-refractivity contribution < 1.29 is 14.9 Å². The Morgan fingerprint density at radius 2 is 1.30 bits per heavy atom. The number of aryl methyl sites for hydroxylation is 3. The predicted octanol–water partition coefficient (Wildman–Crippen LogP) is 4.50. The van der Waals surface area contributed by atoms with Crippen molar-refractivity contribution in [1.82, 2.24) is 0 Å². The maximum atomic E-state index is 10.3. The maximum Gasteiger partial charge on any atom is 0.124 e. The lowest BCUT2D eigenvalue weighted by Crippen LogP contribution is -1.99. The van der Waals surface area contributed by atoms with E-state index in [0.717, 1.165) is 41.5 Å². The second kappa shape index (κ2) is 8.02.